The van der Waals surface area contributed by atoms with Crippen LogP contribution in [0, 0.1) is 23.7 Å². The molecule has 0 aromatic heterocycles. The van der Waals surface area contributed by atoms with Crippen molar-refractivity contribution >= 4 is 5.97 Å². The van der Waals surface area contributed by atoms with Gasteiger partial charge in [0.1, 0.15) is 6.10 Å². The third kappa shape index (κ3) is 2.92. The fourth-order valence-electron chi connectivity index (χ4n) is 3.83. The molecule has 0 fully saturated rings. The van der Waals surface area contributed by atoms with Gasteiger partial charge in [0.25, 0.3) is 0 Å². The van der Waals surface area contributed by atoms with Crippen LogP contribution in [0.25, 0.3) is 0 Å². The summed E-state index contributed by atoms with van der Waals surface area (Å²) < 4.78 is 5.60. The Kier molecular flexibility index (Phi) is 4.56. The molecule has 0 aromatic rings. The van der Waals surface area contributed by atoms with E-state index in [4.69, 9.17) is 4.74 Å². The van der Waals surface area contributed by atoms with E-state index in [1.54, 1.807) is 0 Å². The average Bonchev–Trinajstić information content (AvgIpc) is 2.33. The van der Waals surface area contributed by atoms with E-state index in [0.717, 1.165) is 24.8 Å². The number of aliphatic hydroxyl groups excluding tert-OH is 1. The largest absolute Gasteiger partial charge is 0.512 e. The number of rotatable bonds is 3. The molecule has 20 heavy (non-hydrogen) atoms. The van der Waals surface area contributed by atoms with Crippen molar-refractivity contribution < 1.29 is 14.6 Å². The van der Waals surface area contributed by atoms with Crippen molar-refractivity contribution in [3.05, 3.63) is 23.5 Å². The van der Waals surface area contributed by atoms with E-state index in [1.807, 2.05) is 6.08 Å². The zero-order valence-corrected chi connectivity index (χ0v) is 12.9. The number of aliphatic hydroxyl groups is 1. The first-order valence-corrected chi connectivity index (χ1v) is 7.73. The number of ether oxygens (including phenoxy) is 1. The fraction of sp³-hybridized carbons (Fsp3) is 0.706. The van der Waals surface area contributed by atoms with Crippen molar-refractivity contribution in [1.29, 1.82) is 0 Å². The van der Waals surface area contributed by atoms with Gasteiger partial charge in [-0.05, 0) is 36.3 Å². The highest BCUT2D eigenvalue weighted by molar-refractivity contribution is 5.66. The zero-order chi connectivity index (χ0) is 14.9. The van der Waals surface area contributed by atoms with Gasteiger partial charge in [-0.15, -0.1) is 0 Å². The molecule has 3 heteroatoms. The highest BCUT2D eigenvalue weighted by Gasteiger charge is 2.42. The lowest BCUT2D eigenvalue weighted by Crippen LogP contribution is -2.41. The molecule has 0 saturated heterocycles. The second-order valence-electron chi connectivity index (χ2n) is 6.36. The molecule has 1 N–H and O–H groups in total. The third-order valence-electron chi connectivity index (χ3n) is 4.69. The Morgan fingerprint density at radius 3 is 2.75 bits per heavy atom. The van der Waals surface area contributed by atoms with Crippen LogP contribution in [0.3, 0.4) is 0 Å². The number of carbonyl (C=O) groups is 1. The molecule has 0 aliphatic heterocycles. The van der Waals surface area contributed by atoms with Gasteiger partial charge in [0.2, 0.25) is 0 Å². The summed E-state index contributed by atoms with van der Waals surface area (Å²) in [5.74, 6) is 1.38. The highest BCUT2D eigenvalue weighted by Crippen LogP contribution is 2.46. The van der Waals surface area contributed by atoms with Crippen LogP contribution in [0.5, 0.6) is 0 Å². The molecular formula is C17H26O3. The number of fused-ring (bicyclic) bond motifs is 1. The maximum Gasteiger partial charge on any atom is 0.302 e. The smallest absolute Gasteiger partial charge is 0.302 e. The Hall–Kier alpha value is -1.25. The molecule has 2 aliphatic carbocycles. The number of allylic oxidation sites excluding steroid dienone is 3. The van der Waals surface area contributed by atoms with Gasteiger partial charge in [-0.2, -0.15) is 0 Å². The van der Waals surface area contributed by atoms with Crippen molar-refractivity contribution in [2.24, 2.45) is 23.7 Å². The summed E-state index contributed by atoms with van der Waals surface area (Å²) in [6.45, 7) is 7.86. The molecule has 0 saturated carbocycles. The standard InChI is InChI=1S/C17H26O3/c1-5-6-14-11(3)15(19)9-13-7-10(2)8-16(17(13)14)20-12(4)18/h7,9-11,14,16-17,19H,5-6,8H2,1-4H3. The summed E-state index contributed by atoms with van der Waals surface area (Å²) in [5.41, 5.74) is 1.16. The minimum absolute atomic E-state index is 0.0501. The quantitative estimate of drug-likeness (QED) is 0.793. The Morgan fingerprint density at radius 1 is 1.45 bits per heavy atom. The monoisotopic (exact) mass is 278 g/mol. The fourth-order valence-corrected chi connectivity index (χ4v) is 3.83. The minimum atomic E-state index is -0.204. The lowest BCUT2D eigenvalue weighted by molar-refractivity contribution is -0.151. The van der Waals surface area contributed by atoms with Crippen molar-refractivity contribution in [3.8, 4) is 0 Å². The van der Waals surface area contributed by atoms with Crippen LogP contribution >= 0.6 is 0 Å². The van der Waals surface area contributed by atoms with Crippen LogP contribution in [0.15, 0.2) is 23.5 Å². The lowest BCUT2D eigenvalue weighted by Gasteiger charge is -2.43. The Morgan fingerprint density at radius 2 is 2.15 bits per heavy atom. The van der Waals surface area contributed by atoms with E-state index < -0.39 is 0 Å². The van der Waals surface area contributed by atoms with Gasteiger partial charge in [0.15, 0.2) is 0 Å². The predicted molar refractivity (Wildman–Crippen MR) is 79.2 cm³/mol. The molecule has 0 aromatic carbocycles. The normalized spacial score (nSPS) is 36.7. The summed E-state index contributed by atoms with van der Waals surface area (Å²) in [4.78, 5) is 11.4. The SMILES string of the molecule is CCCC1C(C)C(O)=CC2=CC(C)CC(OC(C)=O)C21. The van der Waals surface area contributed by atoms with Crippen LogP contribution in [-0.4, -0.2) is 17.2 Å². The summed E-state index contributed by atoms with van der Waals surface area (Å²) in [6, 6.07) is 0. The van der Waals surface area contributed by atoms with Crippen molar-refractivity contribution in [2.45, 2.75) is 53.1 Å². The Bertz CT molecular complexity index is 436. The van der Waals surface area contributed by atoms with Gasteiger partial charge >= 0.3 is 5.97 Å². The topological polar surface area (TPSA) is 46.5 Å². The van der Waals surface area contributed by atoms with E-state index in [0.29, 0.717) is 17.6 Å². The van der Waals surface area contributed by atoms with Gasteiger partial charge < -0.3 is 9.84 Å². The molecule has 112 valence electrons. The van der Waals surface area contributed by atoms with Crippen LogP contribution in [0.2, 0.25) is 0 Å². The average molecular weight is 278 g/mol. The highest BCUT2D eigenvalue weighted by atomic mass is 16.5. The molecule has 2 rings (SSSR count). The molecule has 0 bridgehead atoms. The van der Waals surface area contributed by atoms with Gasteiger partial charge in [-0.3, -0.25) is 4.79 Å². The molecule has 0 spiro atoms. The number of hydrogen-bond acceptors (Lipinski definition) is 3. The molecular weight excluding hydrogens is 252 g/mol. The van der Waals surface area contributed by atoms with E-state index in [-0.39, 0.29) is 23.9 Å². The molecule has 0 heterocycles. The summed E-state index contributed by atoms with van der Waals surface area (Å²) >= 11 is 0. The second kappa shape index (κ2) is 6.02. The maximum absolute atomic E-state index is 11.4. The van der Waals surface area contributed by atoms with Crippen molar-refractivity contribution in [1.82, 2.24) is 0 Å². The molecule has 3 nitrogen and oxygen atoms in total. The van der Waals surface area contributed by atoms with Crippen LogP contribution in [0.1, 0.15) is 47.0 Å². The van der Waals surface area contributed by atoms with Crippen molar-refractivity contribution in [2.75, 3.05) is 0 Å². The number of carbonyl (C=O) groups excluding carboxylic acids is 1. The minimum Gasteiger partial charge on any atom is -0.512 e. The van der Waals surface area contributed by atoms with Crippen LogP contribution in [0.4, 0.5) is 0 Å². The maximum atomic E-state index is 11.4. The zero-order valence-electron chi connectivity index (χ0n) is 12.9. The molecule has 0 amide bonds. The Balaban J connectivity index is 2.37. The van der Waals surface area contributed by atoms with E-state index in [2.05, 4.69) is 26.8 Å². The number of hydrogen-bond donors (Lipinski definition) is 1. The van der Waals surface area contributed by atoms with Gasteiger partial charge in [-0.25, -0.2) is 0 Å². The lowest BCUT2D eigenvalue weighted by atomic mass is 9.65. The van der Waals surface area contributed by atoms with E-state index >= 15 is 0 Å². The summed E-state index contributed by atoms with van der Waals surface area (Å²) in [5, 5.41) is 10.2. The first-order valence-electron chi connectivity index (χ1n) is 7.73. The van der Waals surface area contributed by atoms with Gasteiger partial charge in [0, 0.05) is 18.8 Å². The molecule has 5 unspecified atom stereocenters. The molecule has 0 radical (unpaired) electrons. The third-order valence-corrected chi connectivity index (χ3v) is 4.69. The van der Waals surface area contributed by atoms with Crippen molar-refractivity contribution in [3.63, 3.8) is 0 Å². The summed E-state index contributed by atoms with van der Waals surface area (Å²) in [7, 11) is 0. The van der Waals surface area contributed by atoms with E-state index in [9.17, 15) is 9.90 Å². The molecule has 5 atom stereocenters. The first-order chi connectivity index (χ1) is 9.43. The summed E-state index contributed by atoms with van der Waals surface area (Å²) in [6.07, 6.45) is 7.09. The number of esters is 1. The van der Waals surface area contributed by atoms with Crippen LogP contribution < -0.4 is 0 Å². The van der Waals surface area contributed by atoms with Gasteiger partial charge in [0.05, 0.1) is 5.76 Å². The molecule has 2 aliphatic rings. The Labute approximate surface area is 121 Å². The van der Waals surface area contributed by atoms with Crippen LogP contribution in [-0.2, 0) is 9.53 Å². The first kappa shape index (κ1) is 15.1. The predicted octanol–water partition coefficient (Wildman–Crippen LogP) is 4.01. The van der Waals surface area contributed by atoms with Gasteiger partial charge in [-0.1, -0.05) is 33.3 Å². The second-order valence-corrected chi connectivity index (χ2v) is 6.36. The van der Waals surface area contributed by atoms with E-state index in [1.165, 1.54) is 6.92 Å².